The first kappa shape index (κ1) is 9.99. The van der Waals surface area contributed by atoms with Crippen LogP contribution in [0.2, 0.25) is 0 Å². The number of benzene rings is 1. The number of hydrogen-bond donors (Lipinski definition) is 0. The monoisotopic (exact) mass is 239 g/mol. The third-order valence-corrected chi connectivity index (χ3v) is 2.20. The Balaban J connectivity index is 2.62. The molecule has 0 aliphatic heterocycles. The van der Waals surface area contributed by atoms with Crippen LogP contribution in [0.4, 0.5) is 0 Å². The average Bonchev–Trinajstić information content (AvgIpc) is 2.15. The highest BCUT2D eigenvalue weighted by Crippen LogP contribution is 2.07. The quantitative estimate of drug-likeness (QED) is 0.746. The van der Waals surface area contributed by atoms with Gasteiger partial charge in [0.05, 0.1) is 5.97 Å². The Kier molecular flexibility index (Phi) is 3.71. The average molecular weight is 240 g/mol. The summed E-state index contributed by atoms with van der Waals surface area (Å²) in [6.45, 7) is 0. The number of halogens is 1. The minimum Gasteiger partial charge on any atom is -0.544 e. The van der Waals surface area contributed by atoms with Crippen molar-refractivity contribution in [2.24, 2.45) is 0 Å². The second-order valence-electron chi connectivity index (χ2n) is 2.53. The third-order valence-electron chi connectivity index (χ3n) is 1.55. The van der Waals surface area contributed by atoms with E-state index in [0.717, 1.165) is 5.56 Å². The maximum absolute atomic E-state index is 10.3. The van der Waals surface area contributed by atoms with E-state index in [2.05, 4.69) is 15.9 Å². The van der Waals surface area contributed by atoms with E-state index in [1.54, 1.807) is 6.08 Å². The van der Waals surface area contributed by atoms with Crippen LogP contribution in [0.15, 0.2) is 40.9 Å². The molecule has 3 heteroatoms. The van der Waals surface area contributed by atoms with Gasteiger partial charge < -0.3 is 9.90 Å². The standard InChI is InChI=1S/C10H9BrO2/c11-9(10(12)13)7-6-8-4-2-1-3-5-8/h1-5,7H,6H2,(H,12,13)/p-1/b9-7-. The summed E-state index contributed by atoms with van der Waals surface area (Å²) in [6, 6.07) is 9.62. The van der Waals surface area contributed by atoms with Crippen molar-refractivity contribution >= 4 is 21.9 Å². The molecular weight excluding hydrogens is 232 g/mol. The maximum Gasteiger partial charge on any atom is 0.0781 e. The summed E-state index contributed by atoms with van der Waals surface area (Å²) in [5.41, 5.74) is 1.07. The molecule has 1 aromatic carbocycles. The van der Waals surface area contributed by atoms with E-state index in [9.17, 15) is 9.90 Å². The number of allylic oxidation sites excluding steroid dienone is 1. The van der Waals surface area contributed by atoms with E-state index in [1.165, 1.54) is 0 Å². The number of aliphatic carboxylic acids is 1. The molecule has 0 unspecified atom stereocenters. The van der Waals surface area contributed by atoms with Crippen LogP contribution in [0, 0.1) is 0 Å². The van der Waals surface area contributed by atoms with E-state index in [-0.39, 0.29) is 4.48 Å². The molecule has 0 atom stereocenters. The molecule has 0 N–H and O–H groups in total. The molecule has 0 fully saturated rings. The maximum atomic E-state index is 10.3. The number of carboxylic acids is 1. The van der Waals surface area contributed by atoms with Gasteiger partial charge in [0.15, 0.2) is 0 Å². The largest absolute Gasteiger partial charge is 0.544 e. The number of carboxylic acid groups (broad SMARTS) is 1. The molecule has 0 aliphatic rings. The summed E-state index contributed by atoms with van der Waals surface area (Å²) in [4.78, 5) is 10.3. The number of carbonyl (C=O) groups is 1. The molecule has 0 amide bonds. The first-order valence-electron chi connectivity index (χ1n) is 3.81. The van der Waals surface area contributed by atoms with E-state index < -0.39 is 5.97 Å². The van der Waals surface area contributed by atoms with Gasteiger partial charge in [-0.15, -0.1) is 0 Å². The van der Waals surface area contributed by atoms with Crippen molar-refractivity contribution in [2.45, 2.75) is 6.42 Å². The lowest BCUT2D eigenvalue weighted by Crippen LogP contribution is -2.21. The van der Waals surface area contributed by atoms with Crippen LogP contribution in [0.3, 0.4) is 0 Å². The molecular formula is C10H8BrO2-. The van der Waals surface area contributed by atoms with Gasteiger partial charge in [-0.2, -0.15) is 0 Å². The lowest BCUT2D eigenvalue weighted by atomic mass is 10.1. The lowest BCUT2D eigenvalue weighted by Gasteiger charge is -1.99. The van der Waals surface area contributed by atoms with Crippen molar-refractivity contribution in [3.8, 4) is 0 Å². The number of hydrogen-bond acceptors (Lipinski definition) is 2. The molecule has 68 valence electrons. The zero-order valence-corrected chi connectivity index (χ0v) is 8.45. The van der Waals surface area contributed by atoms with Gasteiger partial charge in [0.2, 0.25) is 0 Å². The Hall–Kier alpha value is -1.09. The molecule has 13 heavy (non-hydrogen) atoms. The molecule has 0 heterocycles. The van der Waals surface area contributed by atoms with Crippen LogP contribution in [0.5, 0.6) is 0 Å². The van der Waals surface area contributed by atoms with E-state index in [0.29, 0.717) is 6.42 Å². The van der Waals surface area contributed by atoms with Crippen LogP contribution in [-0.2, 0) is 11.2 Å². The molecule has 0 saturated carbocycles. The van der Waals surface area contributed by atoms with E-state index in [4.69, 9.17) is 0 Å². The highest BCUT2D eigenvalue weighted by molar-refractivity contribution is 9.12. The molecule has 0 radical (unpaired) electrons. The Morgan fingerprint density at radius 2 is 2.00 bits per heavy atom. The van der Waals surface area contributed by atoms with Crippen LogP contribution in [0.1, 0.15) is 5.56 Å². The Bertz CT molecular complexity index is 317. The zero-order chi connectivity index (χ0) is 9.68. The highest BCUT2D eigenvalue weighted by Gasteiger charge is 1.92. The molecule has 1 rings (SSSR count). The number of carbonyl (C=O) groups excluding carboxylic acids is 1. The van der Waals surface area contributed by atoms with Gasteiger partial charge in [-0.05, 0) is 27.9 Å². The Morgan fingerprint density at radius 1 is 1.38 bits per heavy atom. The molecule has 1 aromatic rings. The summed E-state index contributed by atoms with van der Waals surface area (Å²) in [5, 5.41) is 10.3. The van der Waals surface area contributed by atoms with Gasteiger partial charge in [-0.1, -0.05) is 36.4 Å². The van der Waals surface area contributed by atoms with Crippen LogP contribution in [-0.4, -0.2) is 5.97 Å². The molecule has 0 aromatic heterocycles. The fourth-order valence-corrected chi connectivity index (χ4v) is 1.07. The fourth-order valence-electron chi connectivity index (χ4n) is 0.905. The molecule has 0 spiro atoms. The molecule has 0 saturated heterocycles. The SMILES string of the molecule is O=C([O-])/C(Br)=C/Cc1ccccc1. The minimum atomic E-state index is -1.18. The first-order valence-corrected chi connectivity index (χ1v) is 4.60. The van der Waals surface area contributed by atoms with Crippen molar-refractivity contribution in [3.63, 3.8) is 0 Å². The fraction of sp³-hybridized carbons (Fsp3) is 0.100. The van der Waals surface area contributed by atoms with Gasteiger partial charge >= 0.3 is 0 Å². The van der Waals surface area contributed by atoms with E-state index >= 15 is 0 Å². The second-order valence-corrected chi connectivity index (χ2v) is 3.38. The third kappa shape index (κ3) is 3.42. The van der Waals surface area contributed by atoms with Gasteiger partial charge in [0.1, 0.15) is 0 Å². The van der Waals surface area contributed by atoms with Gasteiger partial charge in [-0.3, -0.25) is 0 Å². The van der Waals surface area contributed by atoms with E-state index in [1.807, 2.05) is 30.3 Å². The van der Waals surface area contributed by atoms with Crippen molar-refractivity contribution in [3.05, 3.63) is 46.5 Å². The molecule has 0 aliphatic carbocycles. The second kappa shape index (κ2) is 4.82. The van der Waals surface area contributed by atoms with Crippen molar-refractivity contribution in [1.82, 2.24) is 0 Å². The van der Waals surface area contributed by atoms with Crippen molar-refractivity contribution in [1.29, 1.82) is 0 Å². The first-order chi connectivity index (χ1) is 6.20. The Morgan fingerprint density at radius 3 is 2.54 bits per heavy atom. The predicted octanol–water partition coefficient (Wildman–Crippen LogP) is 1.26. The van der Waals surface area contributed by atoms with Gasteiger partial charge in [0.25, 0.3) is 0 Å². The van der Waals surface area contributed by atoms with Crippen LogP contribution in [0.25, 0.3) is 0 Å². The smallest absolute Gasteiger partial charge is 0.0781 e. The van der Waals surface area contributed by atoms with Gasteiger partial charge in [-0.25, -0.2) is 0 Å². The normalized spacial score (nSPS) is 11.3. The zero-order valence-electron chi connectivity index (χ0n) is 6.87. The summed E-state index contributed by atoms with van der Waals surface area (Å²) in [7, 11) is 0. The van der Waals surface area contributed by atoms with Crippen LogP contribution >= 0.6 is 15.9 Å². The van der Waals surface area contributed by atoms with Gasteiger partial charge in [0, 0.05) is 4.48 Å². The molecule has 0 bridgehead atoms. The highest BCUT2D eigenvalue weighted by atomic mass is 79.9. The summed E-state index contributed by atoms with van der Waals surface area (Å²) in [5.74, 6) is -1.18. The summed E-state index contributed by atoms with van der Waals surface area (Å²) >= 11 is 2.90. The topological polar surface area (TPSA) is 40.1 Å². The predicted molar refractivity (Wildman–Crippen MR) is 52.2 cm³/mol. The summed E-state index contributed by atoms with van der Waals surface area (Å²) < 4.78 is 0.0938. The lowest BCUT2D eigenvalue weighted by molar-refractivity contribution is -0.298. The molecule has 2 nitrogen and oxygen atoms in total. The Labute approximate surface area is 85.0 Å². The summed E-state index contributed by atoms with van der Waals surface area (Å²) in [6.07, 6.45) is 2.17. The van der Waals surface area contributed by atoms with Crippen LogP contribution < -0.4 is 5.11 Å². The van der Waals surface area contributed by atoms with Crippen molar-refractivity contribution < 1.29 is 9.90 Å². The van der Waals surface area contributed by atoms with Crippen molar-refractivity contribution in [2.75, 3.05) is 0 Å². The number of rotatable bonds is 3. The minimum absolute atomic E-state index is 0.0938.